The number of para-hydroxylation sites is 1. The van der Waals surface area contributed by atoms with E-state index in [0.29, 0.717) is 0 Å². The average molecular weight is 147 g/mol. The van der Waals surface area contributed by atoms with Gasteiger partial charge in [0.1, 0.15) is 0 Å². The van der Waals surface area contributed by atoms with Crippen LogP contribution in [0.1, 0.15) is 0 Å². The van der Waals surface area contributed by atoms with E-state index in [2.05, 4.69) is 4.94 Å². The lowest BCUT2D eigenvalue weighted by Crippen LogP contribution is -1.75. The standard InChI is InChI=1S/C6H4ClFO/c7-5-3-1-2-4-6(5)9-8/h1-4H. The second kappa shape index (κ2) is 2.69. The molecule has 0 aliphatic heterocycles. The molecule has 1 nitrogen and oxygen atoms in total. The summed E-state index contributed by atoms with van der Waals surface area (Å²) in [6, 6.07) is 6.34. The maximum Gasteiger partial charge on any atom is 0.190 e. The number of benzene rings is 1. The van der Waals surface area contributed by atoms with Gasteiger partial charge in [0.2, 0.25) is 0 Å². The molecule has 0 aliphatic rings. The van der Waals surface area contributed by atoms with Gasteiger partial charge in [-0.15, -0.1) is 0 Å². The lowest BCUT2D eigenvalue weighted by molar-refractivity contribution is -0.00606. The van der Waals surface area contributed by atoms with Gasteiger partial charge in [-0.3, -0.25) is 4.94 Å². The summed E-state index contributed by atoms with van der Waals surface area (Å²) in [6.07, 6.45) is 0. The average Bonchev–Trinajstić information content (AvgIpc) is 1.89. The molecule has 0 aromatic heterocycles. The highest BCUT2D eigenvalue weighted by Gasteiger charge is 1.96. The summed E-state index contributed by atoms with van der Waals surface area (Å²) in [4.78, 5) is 3.41. The first-order valence-corrected chi connectivity index (χ1v) is 2.75. The highest BCUT2D eigenvalue weighted by Crippen LogP contribution is 2.22. The van der Waals surface area contributed by atoms with E-state index in [1.807, 2.05) is 0 Å². The number of hydrogen-bond acceptors (Lipinski definition) is 1. The van der Waals surface area contributed by atoms with E-state index < -0.39 is 0 Å². The van der Waals surface area contributed by atoms with Crippen LogP contribution in [0.25, 0.3) is 0 Å². The molecule has 48 valence electrons. The minimum Gasteiger partial charge on any atom is -0.293 e. The summed E-state index contributed by atoms with van der Waals surface area (Å²) in [6.45, 7) is 0. The molecule has 0 amide bonds. The van der Waals surface area contributed by atoms with E-state index in [-0.39, 0.29) is 10.8 Å². The second-order valence-corrected chi connectivity index (χ2v) is 1.91. The van der Waals surface area contributed by atoms with Crippen LogP contribution < -0.4 is 4.94 Å². The fourth-order valence-electron chi connectivity index (χ4n) is 0.507. The van der Waals surface area contributed by atoms with Crippen molar-refractivity contribution in [2.45, 2.75) is 0 Å². The molecular weight excluding hydrogens is 143 g/mol. The molecule has 3 heteroatoms. The fraction of sp³-hybridized carbons (Fsp3) is 0. The normalized spacial score (nSPS) is 9.11. The lowest BCUT2D eigenvalue weighted by Gasteiger charge is -1.93. The Morgan fingerprint density at radius 3 is 2.44 bits per heavy atom. The van der Waals surface area contributed by atoms with E-state index in [1.165, 1.54) is 6.07 Å². The van der Waals surface area contributed by atoms with Crippen molar-refractivity contribution in [3.05, 3.63) is 29.3 Å². The highest BCUT2D eigenvalue weighted by atomic mass is 35.5. The molecule has 1 rings (SSSR count). The van der Waals surface area contributed by atoms with E-state index in [1.54, 1.807) is 18.2 Å². The third-order valence-electron chi connectivity index (χ3n) is 0.920. The van der Waals surface area contributed by atoms with Gasteiger partial charge in [-0.2, -0.15) is 0 Å². The van der Waals surface area contributed by atoms with Gasteiger partial charge in [0.05, 0.1) is 5.02 Å². The Kier molecular flexibility index (Phi) is 1.90. The summed E-state index contributed by atoms with van der Waals surface area (Å²) in [5, 5.41) is 0.278. The molecule has 0 N–H and O–H groups in total. The van der Waals surface area contributed by atoms with Gasteiger partial charge in [0.25, 0.3) is 0 Å². The zero-order valence-corrected chi connectivity index (χ0v) is 5.23. The Labute approximate surface area is 56.9 Å². The minimum absolute atomic E-state index is 0.0548. The monoisotopic (exact) mass is 146 g/mol. The van der Waals surface area contributed by atoms with Crippen molar-refractivity contribution in [3.63, 3.8) is 0 Å². The Morgan fingerprint density at radius 2 is 2.00 bits per heavy atom. The Balaban J connectivity index is 3.01. The van der Waals surface area contributed by atoms with Crippen molar-refractivity contribution < 1.29 is 9.47 Å². The molecule has 0 saturated carbocycles. The molecule has 0 spiro atoms. The molecule has 0 radical (unpaired) electrons. The minimum atomic E-state index is 0.0548. The van der Waals surface area contributed by atoms with Crippen molar-refractivity contribution in [1.82, 2.24) is 0 Å². The van der Waals surface area contributed by atoms with Crippen molar-refractivity contribution in [1.29, 1.82) is 0 Å². The van der Waals surface area contributed by atoms with Crippen LogP contribution in [0, 0.1) is 0 Å². The van der Waals surface area contributed by atoms with Crippen LogP contribution >= 0.6 is 11.6 Å². The van der Waals surface area contributed by atoms with Crippen LogP contribution in [0.5, 0.6) is 5.75 Å². The van der Waals surface area contributed by atoms with E-state index in [4.69, 9.17) is 11.6 Å². The number of hydrogen-bond donors (Lipinski definition) is 0. The molecule has 0 fully saturated rings. The molecule has 0 unspecified atom stereocenters. The van der Waals surface area contributed by atoms with Gasteiger partial charge >= 0.3 is 0 Å². The molecule has 0 saturated heterocycles. The van der Waals surface area contributed by atoms with Gasteiger partial charge in [0, 0.05) is 4.53 Å². The van der Waals surface area contributed by atoms with E-state index in [0.717, 1.165) is 0 Å². The third kappa shape index (κ3) is 1.33. The van der Waals surface area contributed by atoms with Gasteiger partial charge in [-0.1, -0.05) is 23.7 Å². The first kappa shape index (κ1) is 6.36. The van der Waals surface area contributed by atoms with Gasteiger partial charge in [0.15, 0.2) is 5.75 Å². The SMILES string of the molecule is FOc1ccccc1Cl. The third-order valence-corrected chi connectivity index (χ3v) is 1.23. The van der Waals surface area contributed by atoms with Gasteiger partial charge in [-0.05, 0) is 12.1 Å². The van der Waals surface area contributed by atoms with E-state index in [9.17, 15) is 4.53 Å². The fourth-order valence-corrected chi connectivity index (χ4v) is 0.672. The Bertz CT molecular complexity index is 202. The first-order chi connectivity index (χ1) is 4.34. The van der Waals surface area contributed by atoms with Gasteiger partial charge < -0.3 is 0 Å². The highest BCUT2D eigenvalue weighted by molar-refractivity contribution is 6.32. The summed E-state index contributed by atoms with van der Waals surface area (Å²) in [5.74, 6) is 0.0548. The second-order valence-electron chi connectivity index (χ2n) is 1.51. The summed E-state index contributed by atoms with van der Waals surface area (Å²) in [5.41, 5.74) is 0. The summed E-state index contributed by atoms with van der Waals surface area (Å²) in [7, 11) is 0. The molecule has 1 aromatic rings. The largest absolute Gasteiger partial charge is 0.293 e. The zero-order valence-electron chi connectivity index (χ0n) is 4.47. The maximum absolute atomic E-state index is 11.4. The Hall–Kier alpha value is -0.760. The first-order valence-electron chi connectivity index (χ1n) is 2.37. The van der Waals surface area contributed by atoms with Crippen molar-refractivity contribution in [2.75, 3.05) is 0 Å². The van der Waals surface area contributed by atoms with Crippen LogP contribution in [0.15, 0.2) is 24.3 Å². The van der Waals surface area contributed by atoms with Crippen LogP contribution in [0.3, 0.4) is 0 Å². The van der Waals surface area contributed by atoms with Crippen molar-refractivity contribution >= 4 is 11.6 Å². The Morgan fingerprint density at radius 1 is 1.33 bits per heavy atom. The van der Waals surface area contributed by atoms with Gasteiger partial charge in [-0.25, -0.2) is 0 Å². The van der Waals surface area contributed by atoms with Crippen molar-refractivity contribution in [2.24, 2.45) is 0 Å². The zero-order chi connectivity index (χ0) is 6.69. The summed E-state index contributed by atoms with van der Waals surface area (Å²) >= 11 is 5.46. The molecular formula is C6H4ClFO. The lowest BCUT2D eigenvalue weighted by atomic mass is 10.3. The van der Waals surface area contributed by atoms with Crippen LogP contribution in [0.4, 0.5) is 4.53 Å². The molecule has 1 aromatic carbocycles. The van der Waals surface area contributed by atoms with Crippen molar-refractivity contribution in [3.8, 4) is 5.75 Å². The molecule has 0 bridgehead atoms. The predicted octanol–water partition coefficient (Wildman–Crippen LogP) is 2.60. The number of halogens is 2. The molecule has 0 heterocycles. The quantitative estimate of drug-likeness (QED) is 0.592. The molecule has 0 aliphatic carbocycles. The smallest absolute Gasteiger partial charge is 0.190 e. The topological polar surface area (TPSA) is 9.23 Å². The van der Waals surface area contributed by atoms with Crippen LogP contribution in [-0.4, -0.2) is 0 Å². The molecule has 0 atom stereocenters. The predicted molar refractivity (Wildman–Crippen MR) is 33.2 cm³/mol. The molecule has 9 heavy (non-hydrogen) atoms. The van der Waals surface area contributed by atoms with Crippen LogP contribution in [0.2, 0.25) is 5.02 Å². The van der Waals surface area contributed by atoms with E-state index >= 15 is 0 Å². The maximum atomic E-state index is 11.4. The number of rotatable bonds is 1. The summed E-state index contributed by atoms with van der Waals surface area (Å²) < 4.78 is 11.4. The van der Waals surface area contributed by atoms with Crippen LogP contribution in [-0.2, 0) is 0 Å².